The highest BCUT2D eigenvalue weighted by Gasteiger charge is 2.38. The molecule has 0 spiro atoms. The first-order chi connectivity index (χ1) is 8.83. The first-order valence-corrected chi connectivity index (χ1v) is 6.86. The molecule has 3 atom stereocenters. The number of hydrogen-bond acceptors (Lipinski definition) is 4. The van der Waals surface area contributed by atoms with Gasteiger partial charge in [0.1, 0.15) is 5.76 Å². The van der Waals surface area contributed by atoms with Gasteiger partial charge in [-0.2, -0.15) is 0 Å². The largest absolute Gasteiger partial charge is 0.468 e. The molecule has 0 radical (unpaired) electrons. The normalized spacial score (nSPS) is 30.1. The van der Waals surface area contributed by atoms with E-state index in [-0.39, 0.29) is 12.4 Å². The lowest BCUT2D eigenvalue weighted by atomic mass is 9.85. The zero-order valence-electron chi connectivity index (χ0n) is 11.4. The number of hydrogen-bond donors (Lipinski definition) is 1. The Morgan fingerprint density at radius 3 is 3.16 bits per heavy atom. The molecular formula is C14H23ClN2O2. The van der Waals surface area contributed by atoms with Crippen molar-refractivity contribution in [3.05, 3.63) is 24.2 Å². The Bertz CT molecular complexity index is 372. The second-order valence-electron chi connectivity index (χ2n) is 5.56. The number of nitrogens with one attached hydrogen (secondary N) is 1. The molecule has 2 aliphatic rings. The summed E-state index contributed by atoms with van der Waals surface area (Å²) in [4.78, 5) is 2.29. The number of nitrogens with zero attached hydrogens (tertiary/aromatic N) is 1. The van der Waals surface area contributed by atoms with Gasteiger partial charge >= 0.3 is 0 Å². The molecule has 0 aliphatic carbocycles. The SMILES string of the molecule is CN(Cc1ccco1)C[C@H]1OC[C@@H]2CCNC[C@@H]21.Cl. The monoisotopic (exact) mass is 286 g/mol. The number of fused-ring (bicyclic) bond motifs is 1. The van der Waals surface area contributed by atoms with Gasteiger partial charge in [-0.1, -0.05) is 0 Å². The van der Waals surface area contributed by atoms with Crippen LogP contribution in [0.15, 0.2) is 22.8 Å². The summed E-state index contributed by atoms with van der Waals surface area (Å²) in [6, 6.07) is 3.97. The topological polar surface area (TPSA) is 37.6 Å². The molecule has 0 unspecified atom stereocenters. The van der Waals surface area contributed by atoms with Crippen molar-refractivity contribution < 1.29 is 9.15 Å². The van der Waals surface area contributed by atoms with Crippen molar-refractivity contribution in [3.8, 4) is 0 Å². The van der Waals surface area contributed by atoms with Gasteiger partial charge in [-0.3, -0.25) is 4.90 Å². The van der Waals surface area contributed by atoms with Crippen LogP contribution in [0.25, 0.3) is 0 Å². The van der Waals surface area contributed by atoms with Gasteiger partial charge < -0.3 is 14.5 Å². The molecule has 1 N–H and O–H groups in total. The summed E-state index contributed by atoms with van der Waals surface area (Å²) >= 11 is 0. The lowest BCUT2D eigenvalue weighted by molar-refractivity contribution is 0.0584. The van der Waals surface area contributed by atoms with E-state index in [0.29, 0.717) is 12.0 Å². The van der Waals surface area contributed by atoms with E-state index in [1.54, 1.807) is 6.26 Å². The summed E-state index contributed by atoms with van der Waals surface area (Å²) in [5.41, 5.74) is 0. The molecule has 1 aromatic rings. The molecule has 3 heterocycles. The molecule has 5 heteroatoms. The van der Waals surface area contributed by atoms with E-state index in [1.165, 1.54) is 6.42 Å². The van der Waals surface area contributed by atoms with Crippen molar-refractivity contribution in [1.82, 2.24) is 10.2 Å². The molecule has 0 aromatic carbocycles. The number of ether oxygens (including phenoxy) is 1. The fourth-order valence-electron chi connectivity index (χ4n) is 3.18. The molecule has 3 rings (SSSR count). The molecular weight excluding hydrogens is 264 g/mol. The number of furan rings is 1. The highest BCUT2D eigenvalue weighted by atomic mass is 35.5. The van der Waals surface area contributed by atoms with Crippen LogP contribution >= 0.6 is 12.4 Å². The molecule has 2 aliphatic heterocycles. The van der Waals surface area contributed by atoms with Crippen molar-refractivity contribution >= 4 is 12.4 Å². The van der Waals surface area contributed by atoms with E-state index >= 15 is 0 Å². The van der Waals surface area contributed by atoms with Crippen LogP contribution in [-0.2, 0) is 11.3 Å². The van der Waals surface area contributed by atoms with Gasteiger partial charge in [-0.15, -0.1) is 12.4 Å². The van der Waals surface area contributed by atoms with Crippen LogP contribution in [0.5, 0.6) is 0 Å². The van der Waals surface area contributed by atoms with Gasteiger partial charge in [-0.05, 0) is 38.1 Å². The first-order valence-electron chi connectivity index (χ1n) is 6.86. The highest BCUT2D eigenvalue weighted by Crippen LogP contribution is 2.31. The van der Waals surface area contributed by atoms with Crippen LogP contribution in [-0.4, -0.2) is 44.3 Å². The van der Waals surface area contributed by atoms with E-state index in [1.807, 2.05) is 12.1 Å². The van der Waals surface area contributed by atoms with Crippen LogP contribution in [0.2, 0.25) is 0 Å². The second kappa shape index (κ2) is 6.75. The van der Waals surface area contributed by atoms with E-state index in [9.17, 15) is 0 Å². The zero-order chi connectivity index (χ0) is 12.4. The summed E-state index contributed by atoms with van der Waals surface area (Å²) in [5.74, 6) is 2.49. The summed E-state index contributed by atoms with van der Waals surface area (Å²) in [6.45, 7) is 5.07. The number of halogens is 1. The quantitative estimate of drug-likeness (QED) is 0.915. The Kier molecular flexibility index (Phi) is 5.28. The maximum absolute atomic E-state index is 5.98. The first kappa shape index (κ1) is 14.9. The van der Waals surface area contributed by atoms with Crippen LogP contribution in [0.3, 0.4) is 0 Å². The average Bonchev–Trinajstić information content (AvgIpc) is 3.00. The smallest absolute Gasteiger partial charge is 0.117 e. The van der Waals surface area contributed by atoms with Gasteiger partial charge in [0, 0.05) is 19.0 Å². The fraction of sp³-hybridized carbons (Fsp3) is 0.714. The second-order valence-corrected chi connectivity index (χ2v) is 5.56. The van der Waals surface area contributed by atoms with Crippen LogP contribution in [0.4, 0.5) is 0 Å². The van der Waals surface area contributed by atoms with Gasteiger partial charge in [-0.25, -0.2) is 0 Å². The van der Waals surface area contributed by atoms with Crippen LogP contribution < -0.4 is 5.32 Å². The molecule has 2 saturated heterocycles. The van der Waals surface area contributed by atoms with Crippen molar-refractivity contribution in [2.45, 2.75) is 19.1 Å². The average molecular weight is 287 g/mol. The third-order valence-electron chi connectivity index (χ3n) is 4.18. The maximum atomic E-state index is 5.98. The molecule has 1 aromatic heterocycles. The summed E-state index contributed by atoms with van der Waals surface area (Å²) in [5, 5.41) is 3.49. The van der Waals surface area contributed by atoms with Gasteiger partial charge in [0.05, 0.1) is 25.5 Å². The van der Waals surface area contributed by atoms with Crippen LogP contribution in [0.1, 0.15) is 12.2 Å². The Hall–Kier alpha value is -0.550. The fourth-order valence-corrected chi connectivity index (χ4v) is 3.18. The Labute approximate surface area is 120 Å². The molecule has 0 saturated carbocycles. The van der Waals surface area contributed by atoms with Crippen molar-refractivity contribution in [3.63, 3.8) is 0 Å². The molecule has 0 amide bonds. The summed E-state index contributed by atoms with van der Waals surface area (Å²) in [6.07, 6.45) is 3.38. The van der Waals surface area contributed by atoms with Gasteiger partial charge in [0.15, 0.2) is 0 Å². The van der Waals surface area contributed by atoms with Gasteiger partial charge in [0.2, 0.25) is 0 Å². The lowest BCUT2D eigenvalue weighted by Gasteiger charge is -2.29. The van der Waals surface area contributed by atoms with Crippen molar-refractivity contribution in [2.75, 3.05) is 33.3 Å². The maximum Gasteiger partial charge on any atom is 0.117 e. The molecule has 2 fully saturated rings. The predicted molar refractivity (Wildman–Crippen MR) is 76.5 cm³/mol. The number of likely N-dealkylation sites (N-methyl/N-ethyl adjacent to an activating group) is 1. The Morgan fingerprint density at radius 1 is 1.47 bits per heavy atom. The minimum absolute atomic E-state index is 0. The third kappa shape index (κ3) is 3.51. The van der Waals surface area contributed by atoms with Crippen LogP contribution in [0, 0.1) is 11.8 Å². The zero-order valence-corrected chi connectivity index (χ0v) is 12.2. The molecule has 19 heavy (non-hydrogen) atoms. The third-order valence-corrected chi connectivity index (χ3v) is 4.18. The lowest BCUT2D eigenvalue weighted by Crippen LogP contribution is -2.42. The van der Waals surface area contributed by atoms with E-state index in [4.69, 9.17) is 9.15 Å². The summed E-state index contributed by atoms with van der Waals surface area (Å²) < 4.78 is 11.4. The Morgan fingerprint density at radius 2 is 2.37 bits per heavy atom. The minimum atomic E-state index is 0. The van der Waals surface area contributed by atoms with Gasteiger partial charge in [0.25, 0.3) is 0 Å². The van der Waals surface area contributed by atoms with Crippen molar-refractivity contribution in [2.24, 2.45) is 11.8 Å². The molecule has 108 valence electrons. The standard InChI is InChI=1S/C14H22N2O2.ClH/c1-16(8-12-3-2-6-17-12)9-14-13-7-15-5-4-11(13)10-18-14;/h2-3,6,11,13-15H,4-5,7-10H2,1H3;1H/t11-,13-,14+;/m0./s1. The minimum Gasteiger partial charge on any atom is -0.468 e. The van der Waals surface area contributed by atoms with E-state index in [2.05, 4.69) is 17.3 Å². The summed E-state index contributed by atoms with van der Waals surface area (Å²) in [7, 11) is 2.13. The Balaban J connectivity index is 0.00000133. The number of rotatable bonds is 4. The van der Waals surface area contributed by atoms with E-state index < -0.39 is 0 Å². The van der Waals surface area contributed by atoms with E-state index in [0.717, 1.165) is 44.5 Å². The van der Waals surface area contributed by atoms with Crippen molar-refractivity contribution in [1.29, 1.82) is 0 Å². The molecule has 0 bridgehead atoms. The molecule has 4 nitrogen and oxygen atoms in total. The predicted octanol–water partition coefficient (Wildman–Crippen LogP) is 1.76. The number of piperidine rings is 1. The highest BCUT2D eigenvalue weighted by molar-refractivity contribution is 5.85.